The molecule has 1 aliphatic carbocycles. The monoisotopic (exact) mass is 305 g/mol. The van der Waals surface area contributed by atoms with Crippen LogP contribution in [0.25, 0.3) is 0 Å². The molecule has 1 amide bonds. The number of ether oxygens (including phenoxy) is 1. The molecule has 1 aromatic carbocycles. The summed E-state index contributed by atoms with van der Waals surface area (Å²) in [5.41, 5.74) is -0.236. The fourth-order valence-corrected chi connectivity index (χ4v) is 2.76. The number of rotatable bonds is 6. The normalized spacial score (nSPS) is 21.5. The van der Waals surface area contributed by atoms with Gasteiger partial charge in [0.05, 0.1) is 19.1 Å². The van der Waals surface area contributed by atoms with Gasteiger partial charge < -0.3 is 15.2 Å². The van der Waals surface area contributed by atoms with Gasteiger partial charge in [-0.25, -0.2) is 0 Å². The van der Waals surface area contributed by atoms with E-state index in [1.807, 2.05) is 19.9 Å². The van der Waals surface area contributed by atoms with Gasteiger partial charge in [-0.05, 0) is 36.5 Å². The average molecular weight is 305 g/mol. The predicted molar refractivity (Wildman–Crippen MR) is 82.6 cm³/mol. The summed E-state index contributed by atoms with van der Waals surface area (Å²) in [4.78, 5) is 23.7. The fourth-order valence-electron chi connectivity index (χ4n) is 2.76. The van der Waals surface area contributed by atoms with Crippen molar-refractivity contribution in [3.05, 3.63) is 29.8 Å². The minimum atomic E-state index is -0.962. The third kappa shape index (κ3) is 3.40. The second-order valence-electron chi connectivity index (χ2n) is 6.87. The topological polar surface area (TPSA) is 75.6 Å². The van der Waals surface area contributed by atoms with Crippen LogP contribution in [0.4, 0.5) is 0 Å². The van der Waals surface area contributed by atoms with Crippen molar-refractivity contribution in [1.82, 2.24) is 5.32 Å². The van der Waals surface area contributed by atoms with Gasteiger partial charge >= 0.3 is 5.97 Å². The largest absolute Gasteiger partial charge is 0.497 e. The Hall–Kier alpha value is -2.04. The predicted octanol–water partition coefficient (Wildman–Crippen LogP) is 2.55. The van der Waals surface area contributed by atoms with E-state index in [-0.39, 0.29) is 23.7 Å². The van der Waals surface area contributed by atoms with Crippen LogP contribution in [-0.4, -0.2) is 24.1 Å². The number of carbonyl (C=O) groups is 2. The lowest BCUT2D eigenvalue weighted by Gasteiger charge is -2.30. The summed E-state index contributed by atoms with van der Waals surface area (Å²) < 4.78 is 5.19. The van der Waals surface area contributed by atoms with Crippen molar-refractivity contribution in [2.24, 2.45) is 11.3 Å². The number of benzene rings is 1. The van der Waals surface area contributed by atoms with E-state index < -0.39 is 11.5 Å². The highest BCUT2D eigenvalue weighted by molar-refractivity contribution is 5.84. The van der Waals surface area contributed by atoms with Crippen LogP contribution in [0.15, 0.2) is 24.3 Å². The molecule has 5 nitrogen and oxygen atoms in total. The van der Waals surface area contributed by atoms with Gasteiger partial charge in [0.15, 0.2) is 0 Å². The van der Waals surface area contributed by atoms with Gasteiger partial charge in [0, 0.05) is 5.92 Å². The molecule has 2 atom stereocenters. The summed E-state index contributed by atoms with van der Waals surface area (Å²) in [5.74, 6) is -0.460. The second kappa shape index (κ2) is 5.63. The number of nitrogens with one attached hydrogen (secondary N) is 1. The Morgan fingerprint density at radius 2 is 2.09 bits per heavy atom. The van der Waals surface area contributed by atoms with Crippen LogP contribution < -0.4 is 10.1 Å². The van der Waals surface area contributed by atoms with Crippen LogP contribution in [0.1, 0.15) is 39.2 Å². The molecule has 2 unspecified atom stereocenters. The molecular formula is C17H23NO4. The Kier molecular flexibility index (Phi) is 4.18. The number of carboxylic acid groups (broad SMARTS) is 1. The molecule has 0 heterocycles. The number of carboxylic acids is 1. The van der Waals surface area contributed by atoms with Crippen LogP contribution in [0, 0.1) is 11.3 Å². The Morgan fingerprint density at radius 3 is 2.59 bits per heavy atom. The lowest BCUT2D eigenvalue weighted by Crippen LogP contribution is -2.46. The van der Waals surface area contributed by atoms with Gasteiger partial charge in [0.1, 0.15) is 5.75 Å². The quantitative estimate of drug-likeness (QED) is 0.847. The van der Waals surface area contributed by atoms with Gasteiger partial charge in [-0.2, -0.15) is 0 Å². The van der Waals surface area contributed by atoms with E-state index in [1.54, 1.807) is 32.2 Å². The van der Waals surface area contributed by atoms with Crippen molar-refractivity contribution >= 4 is 11.9 Å². The first-order valence-electron chi connectivity index (χ1n) is 7.36. The molecule has 2 N–H and O–H groups in total. The molecule has 1 aromatic rings. The molecule has 0 aromatic heterocycles. The molecule has 0 spiro atoms. The second-order valence-corrected chi connectivity index (χ2v) is 6.87. The zero-order chi connectivity index (χ0) is 16.5. The minimum Gasteiger partial charge on any atom is -0.497 e. The highest BCUT2D eigenvalue weighted by Crippen LogP contribution is 2.52. The molecule has 0 saturated heterocycles. The molecule has 0 aliphatic heterocycles. The molecule has 1 aliphatic rings. The number of hydrogen-bond donors (Lipinski definition) is 2. The Morgan fingerprint density at radius 1 is 1.45 bits per heavy atom. The standard InChI is InChI=1S/C17H23NO4/c1-16(2)9-13(16)15(21)18-17(3,10-14(19)20)11-6-5-7-12(8-11)22-4/h5-8,13H,9-10H2,1-4H3,(H,18,21)(H,19,20). The molecule has 1 fully saturated rings. The van der Waals surface area contributed by atoms with E-state index in [2.05, 4.69) is 5.32 Å². The summed E-state index contributed by atoms with van der Waals surface area (Å²) in [6, 6.07) is 7.16. The van der Waals surface area contributed by atoms with Gasteiger partial charge in [0.2, 0.25) is 5.91 Å². The Labute approximate surface area is 130 Å². The third-order valence-corrected chi connectivity index (χ3v) is 4.44. The van der Waals surface area contributed by atoms with Gasteiger partial charge in [-0.3, -0.25) is 9.59 Å². The number of hydrogen-bond acceptors (Lipinski definition) is 3. The molecule has 0 radical (unpaired) electrons. The summed E-state index contributed by atoms with van der Waals surface area (Å²) in [5, 5.41) is 12.2. The number of carbonyl (C=O) groups excluding carboxylic acids is 1. The third-order valence-electron chi connectivity index (χ3n) is 4.44. The van der Waals surface area contributed by atoms with Crippen LogP contribution in [0.5, 0.6) is 5.75 Å². The van der Waals surface area contributed by atoms with E-state index in [9.17, 15) is 14.7 Å². The number of methoxy groups -OCH3 is 1. The first-order valence-corrected chi connectivity index (χ1v) is 7.36. The molecule has 2 rings (SSSR count). The van der Waals surface area contributed by atoms with E-state index in [1.165, 1.54) is 0 Å². The Balaban J connectivity index is 2.27. The first kappa shape index (κ1) is 16.3. The maximum absolute atomic E-state index is 12.4. The molecular weight excluding hydrogens is 282 g/mol. The molecule has 5 heteroatoms. The van der Waals surface area contributed by atoms with E-state index in [4.69, 9.17) is 4.74 Å². The summed E-state index contributed by atoms with van der Waals surface area (Å²) in [6.45, 7) is 5.82. The number of amides is 1. The summed E-state index contributed by atoms with van der Waals surface area (Å²) in [7, 11) is 1.55. The first-order chi connectivity index (χ1) is 10.2. The molecule has 22 heavy (non-hydrogen) atoms. The zero-order valence-electron chi connectivity index (χ0n) is 13.5. The fraction of sp³-hybridized carbons (Fsp3) is 0.529. The average Bonchev–Trinajstić information content (AvgIpc) is 3.07. The molecule has 1 saturated carbocycles. The van der Waals surface area contributed by atoms with Crippen molar-refractivity contribution in [2.45, 2.75) is 39.2 Å². The SMILES string of the molecule is COc1cccc(C(C)(CC(=O)O)NC(=O)C2CC2(C)C)c1. The summed E-state index contributed by atoms with van der Waals surface area (Å²) >= 11 is 0. The van der Waals surface area contributed by atoms with Crippen molar-refractivity contribution in [1.29, 1.82) is 0 Å². The molecule has 0 bridgehead atoms. The van der Waals surface area contributed by atoms with Crippen molar-refractivity contribution in [3.63, 3.8) is 0 Å². The van der Waals surface area contributed by atoms with Crippen LogP contribution in [0.3, 0.4) is 0 Å². The van der Waals surface area contributed by atoms with Crippen LogP contribution >= 0.6 is 0 Å². The van der Waals surface area contributed by atoms with Crippen LogP contribution in [0.2, 0.25) is 0 Å². The highest BCUT2D eigenvalue weighted by Gasteiger charge is 2.51. The van der Waals surface area contributed by atoms with Crippen molar-refractivity contribution in [2.75, 3.05) is 7.11 Å². The maximum atomic E-state index is 12.4. The van der Waals surface area contributed by atoms with Gasteiger partial charge in [-0.15, -0.1) is 0 Å². The molecule has 120 valence electrons. The lowest BCUT2D eigenvalue weighted by molar-refractivity contribution is -0.139. The highest BCUT2D eigenvalue weighted by atomic mass is 16.5. The maximum Gasteiger partial charge on any atom is 0.306 e. The summed E-state index contributed by atoms with van der Waals surface area (Å²) in [6.07, 6.45) is 0.652. The minimum absolute atomic E-state index is 0.00257. The van der Waals surface area contributed by atoms with Gasteiger partial charge in [-0.1, -0.05) is 26.0 Å². The van der Waals surface area contributed by atoms with E-state index >= 15 is 0 Å². The van der Waals surface area contributed by atoms with Crippen molar-refractivity contribution in [3.8, 4) is 5.75 Å². The van der Waals surface area contributed by atoms with Crippen LogP contribution in [-0.2, 0) is 15.1 Å². The van der Waals surface area contributed by atoms with E-state index in [0.29, 0.717) is 5.75 Å². The lowest BCUT2D eigenvalue weighted by atomic mass is 9.88. The Bertz CT molecular complexity index is 596. The number of aliphatic carboxylic acids is 1. The smallest absolute Gasteiger partial charge is 0.306 e. The van der Waals surface area contributed by atoms with E-state index in [0.717, 1.165) is 12.0 Å². The van der Waals surface area contributed by atoms with Gasteiger partial charge in [0.25, 0.3) is 0 Å². The van der Waals surface area contributed by atoms with Crippen molar-refractivity contribution < 1.29 is 19.4 Å². The zero-order valence-corrected chi connectivity index (χ0v) is 13.5.